The molecule has 20 heavy (non-hydrogen) atoms. The van der Waals surface area contributed by atoms with Crippen LogP contribution < -0.4 is 5.73 Å². The van der Waals surface area contributed by atoms with Crippen molar-refractivity contribution >= 4 is 11.7 Å². The molecule has 0 spiro atoms. The van der Waals surface area contributed by atoms with E-state index >= 15 is 0 Å². The van der Waals surface area contributed by atoms with Crippen LogP contribution >= 0.6 is 0 Å². The second-order valence-corrected chi connectivity index (χ2v) is 4.85. The van der Waals surface area contributed by atoms with E-state index in [2.05, 4.69) is 13.2 Å². The zero-order valence-corrected chi connectivity index (χ0v) is 12.5. The van der Waals surface area contributed by atoms with E-state index in [1.54, 1.807) is 6.08 Å². The van der Waals surface area contributed by atoms with Crippen molar-refractivity contribution in [1.82, 2.24) is 0 Å². The van der Waals surface area contributed by atoms with E-state index in [0.29, 0.717) is 6.42 Å². The van der Waals surface area contributed by atoms with E-state index in [0.717, 1.165) is 22.3 Å². The van der Waals surface area contributed by atoms with Gasteiger partial charge in [0.2, 0.25) is 5.78 Å². The smallest absolute Gasteiger partial charge is 0.284 e. The third-order valence-corrected chi connectivity index (χ3v) is 2.64. The average molecular weight is 273 g/mol. The lowest BCUT2D eigenvalue weighted by molar-refractivity contribution is -0.135. The van der Waals surface area contributed by atoms with Gasteiger partial charge in [-0.15, -0.1) is 0 Å². The van der Waals surface area contributed by atoms with Gasteiger partial charge >= 0.3 is 0 Å². The molecule has 2 N–H and O–H groups in total. The van der Waals surface area contributed by atoms with Crippen molar-refractivity contribution < 1.29 is 9.59 Å². The highest BCUT2D eigenvalue weighted by Gasteiger charge is 2.08. The molecule has 3 heteroatoms. The first-order valence-electron chi connectivity index (χ1n) is 6.44. The summed E-state index contributed by atoms with van der Waals surface area (Å²) in [7, 11) is 0. The van der Waals surface area contributed by atoms with Crippen molar-refractivity contribution in [3.63, 3.8) is 0 Å². The van der Waals surface area contributed by atoms with Crippen molar-refractivity contribution in [2.75, 3.05) is 0 Å². The van der Waals surface area contributed by atoms with Gasteiger partial charge in [0.1, 0.15) is 0 Å². The van der Waals surface area contributed by atoms with Crippen LogP contribution in [0.4, 0.5) is 0 Å². The molecule has 0 aromatic rings. The molecule has 0 fully saturated rings. The van der Waals surface area contributed by atoms with Gasteiger partial charge in [0.15, 0.2) is 0 Å². The predicted octanol–water partition coefficient (Wildman–Crippen LogP) is 3.40. The number of primary amides is 1. The number of carbonyl (C=O) groups excluding carboxylic acids is 2. The Bertz CT molecular complexity index is 501. The third-order valence-electron chi connectivity index (χ3n) is 2.64. The van der Waals surface area contributed by atoms with Crippen LogP contribution in [0, 0.1) is 0 Å². The van der Waals surface area contributed by atoms with E-state index < -0.39 is 11.7 Å². The molecule has 0 saturated carbocycles. The number of ketones is 1. The summed E-state index contributed by atoms with van der Waals surface area (Å²) < 4.78 is 0. The van der Waals surface area contributed by atoms with Crippen molar-refractivity contribution in [2.24, 2.45) is 5.73 Å². The van der Waals surface area contributed by atoms with E-state index in [9.17, 15) is 9.59 Å². The Morgan fingerprint density at radius 1 is 1.10 bits per heavy atom. The largest absolute Gasteiger partial charge is 0.363 e. The van der Waals surface area contributed by atoms with E-state index in [4.69, 9.17) is 5.73 Å². The number of allylic oxidation sites excluding steroid dienone is 8. The second-order valence-electron chi connectivity index (χ2n) is 4.85. The van der Waals surface area contributed by atoms with Gasteiger partial charge in [-0.05, 0) is 38.3 Å². The van der Waals surface area contributed by atoms with Crippen LogP contribution in [0.25, 0.3) is 0 Å². The molecule has 0 aromatic heterocycles. The molecule has 0 heterocycles. The third kappa shape index (κ3) is 7.31. The van der Waals surface area contributed by atoms with Crippen LogP contribution in [-0.4, -0.2) is 11.7 Å². The van der Waals surface area contributed by atoms with Gasteiger partial charge in [0.25, 0.3) is 5.91 Å². The van der Waals surface area contributed by atoms with Gasteiger partial charge in [0.05, 0.1) is 0 Å². The molecular weight excluding hydrogens is 250 g/mol. The molecule has 0 saturated heterocycles. The first-order chi connectivity index (χ1) is 9.27. The van der Waals surface area contributed by atoms with Gasteiger partial charge in [0, 0.05) is 6.42 Å². The Morgan fingerprint density at radius 2 is 1.70 bits per heavy atom. The summed E-state index contributed by atoms with van der Waals surface area (Å²) in [5.41, 5.74) is 8.96. The number of carbonyl (C=O) groups is 2. The van der Waals surface area contributed by atoms with Crippen LogP contribution in [0.5, 0.6) is 0 Å². The molecule has 0 radical (unpaired) electrons. The highest BCUT2D eigenvalue weighted by Crippen LogP contribution is 2.15. The lowest BCUT2D eigenvalue weighted by Crippen LogP contribution is -2.22. The number of hydrogen-bond donors (Lipinski definition) is 1. The molecule has 0 aliphatic carbocycles. The van der Waals surface area contributed by atoms with Crippen molar-refractivity contribution in [3.8, 4) is 0 Å². The standard InChI is InChI=1S/C17H23NO2/c1-6-14(8-10-16(19)17(18)20)11-15(13(4)5)9-7-12(2)3/h6-7,9,11H,1-2,8,10H2,3-5H3,(H2,18,20)/b9-7-,14-11+. The minimum Gasteiger partial charge on any atom is -0.363 e. The lowest BCUT2D eigenvalue weighted by Gasteiger charge is -2.04. The zero-order valence-electron chi connectivity index (χ0n) is 12.5. The highest BCUT2D eigenvalue weighted by atomic mass is 16.2. The number of amides is 1. The maximum Gasteiger partial charge on any atom is 0.284 e. The monoisotopic (exact) mass is 273 g/mol. The number of nitrogens with two attached hydrogens (primary N) is 1. The quantitative estimate of drug-likeness (QED) is 0.544. The van der Waals surface area contributed by atoms with E-state index in [-0.39, 0.29) is 6.42 Å². The Morgan fingerprint density at radius 3 is 2.10 bits per heavy atom. The van der Waals surface area contributed by atoms with Crippen LogP contribution in [0.3, 0.4) is 0 Å². The van der Waals surface area contributed by atoms with Crippen molar-refractivity contribution in [1.29, 1.82) is 0 Å². The first kappa shape index (κ1) is 17.8. The Labute approximate surface area is 121 Å². The SMILES string of the molecule is C=C/C(=C\C(/C=C\C(=C)C)=C(C)C)CCC(=O)C(N)=O. The Kier molecular flexibility index (Phi) is 7.90. The van der Waals surface area contributed by atoms with Crippen LogP contribution in [-0.2, 0) is 9.59 Å². The van der Waals surface area contributed by atoms with Crippen LogP contribution in [0.15, 0.2) is 59.8 Å². The molecule has 0 bridgehead atoms. The van der Waals surface area contributed by atoms with E-state index in [1.165, 1.54) is 0 Å². The molecule has 108 valence electrons. The summed E-state index contributed by atoms with van der Waals surface area (Å²) in [6.07, 6.45) is 8.09. The summed E-state index contributed by atoms with van der Waals surface area (Å²) in [5, 5.41) is 0. The van der Waals surface area contributed by atoms with Gasteiger partial charge in [-0.1, -0.05) is 48.6 Å². The van der Waals surface area contributed by atoms with Gasteiger partial charge in [-0.25, -0.2) is 0 Å². The topological polar surface area (TPSA) is 60.2 Å². The molecular formula is C17H23NO2. The lowest BCUT2D eigenvalue weighted by atomic mass is 10.0. The fourth-order valence-electron chi connectivity index (χ4n) is 1.41. The average Bonchev–Trinajstić information content (AvgIpc) is 2.36. The Balaban J connectivity index is 5.05. The van der Waals surface area contributed by atoms with Gasteiger partial charge in [-0.2, -0.15) is 0 Å². The normalized spacial score (nSPS) is 11.2. The van der Waals surface area contributed by atoms with Crippen molar-refractivity contribution in [2.45, 2.75) is 33.6 Å². The van der Waals surface area contributed by atoms with Crippen molar-refractivity contribution in [3.05, 3.63) is 59.8 Å². The number of rotatable bonds is 8. The van der Waals surface area contributed by atoms with Crippen LogP contribution in [0.2, 0.25) is 0 Å². The molecule has 0 aliphatic heterocycles. The summed E-state index contributed by atoms with van der Waals surface area (Å²) in [5.74, 6) is -1.45. The van der Waals surface area contributed by atoms with Gasteiger partial charge < -0.3 is 5.73 Å². The minimum absolute atomic E-state index is 0.105. The fourth-order valence-corrected chi connectivity index (χ4v) is 1.41. The molecule has 0 aliphatic rings. The number of hydrogen-bond acceptors (Lipinski definition) is 2. The van der Waals surface area contributed by atoms with E-state index in [1.807, 2.05) is 39.0 Å². The summed E-state index contributed by atoms with van der Waals surface area (Å²) in [4.78, 5) is 21.9. The fraction of sp³-hybridized carbons (Fsp3) is 0.294. The molecule has 0 unspecified atom stereocenters. The summed E-state index contributed by atoms with van der Waals surface area (Å²) in [6, 6.07) is 0. The molecule has 3 nitrogen and oxygen atoms in total. The molecule has 0 aromatic carbocycles. The zero-order chi connectivity index (χ0) is 15.7. The van der Waals surface area contributed by atoms with Gasteiger partial charge in [-0.3, -0.25) is 9.59 Å². The maximum absolute atomic E-state index is 11.2. The number of Topliss-reactive ketones (excluding diaryl/α,β-unsaturated/α-hetero) is 1. The Hall–Kier alpha value is -2.16. The second kappa shape index (κ2) is 8.86. The summed E-state index contributed by atoms with van der Waals surface area (Å²) >= 11 is 0. The maximum atomic E-state index is 11.2. The summed E-state index contributed by atoms with van der Waals surface area (Å²) in [6.45, 7) is 13.5. The minimum atomic E-state index is -0.891. The predicted molar refractivity (Wildman–Crippen MR) is 84.0 cm³/mol. The van der Waals surface area contributed by atoms with Crippen LogP contribution in [0.1, 0.15) is 33.6 Å². The highest BCUT2D eigenvalue weighted by molar-refractivity contribution is 6.35. The molecule has 0 atom stereocenters. The molecule has 1 amide bonds. The first-order valence-corrected chi connectivity index (χ1v) is 6.44. The molecule has 0 rings (SSSR count).